The first kappa shape index (κ1) is 24.4. The summed E-state index contributed by atoms with van der Waals surface area (Å²) in [5.41, 5.74) is 0.979. The van der Waals surface area contributed by atoms with Crippen molar-refractivity contribution in [3.8, 4) is 0 Å². The summed E-state index contributed by atoms with van der Waals surface area (Å²) < 4.78 is 38.6. The Balaban J connectivity index is 1.24. The fraction of sp³-hybridized carbons (Fsp3) is 0.714. The predicted molar refractivity (Wildman–Crippen MR) is 124 cm³/mol. The van der Waals surface area contributed by atoms with E-state index in [0.717, 1.165) is 49.0 Å². The van der Waals surface area contributed by atoms with E-state index >= 15 is 0 Å². The molecule has 2 saturated carbocycles. The zero-order chi connectivity index (χ0) is 21.9. The predicted octanol–water partition coefficient (Wildman–Crippen LogP) is 9.65. The van der Waals surface area contributed by atoms with E-state index in [-0.39, 0.29) is 0 Å². The molecule has 3 rings (SSSR count). The van der Waals surface area contributed by atoms with Crippen LogP contribution in [0, 0.1) is 29.4 Å². The maximum atomic E-state index is 13.5. The van der Waals surface area contributed by atoms with E-state index < -0.39 is 11.6 Å². The van der Waals surface area contributed by atoms with Gasteiger partial charge in [0.15, 0.2) is 11.6 Å². The van der Waals surface area contributed by atoms with Crippen molar-refractivity contribution in [2.24, 2.45) is 17.8 Å². The van der Waals surface area contributed by atoms with E-state index in [4.69, 9.17) is 0 Å². The molecule has 1 aromatic rings. The minimum absolute atomic E-state index is 0.405. The van der Waals surface area contributed by atoms with Gasteiger partial charge in [-0.1, -0.05) is 76.4 Å². The molecule has 0 N–H and O–H groups in total. The third kappa shape index (κ3) is 8.31. The summed E-state index contributed by atoms with van der Waals surface area (Å²) in [6, 6.07) is 4.45. The molecule has 0 bridgehead atoms. The number of unbranched alkanes of at least 4 members (excludes halogenated alkanes) is 4. The second-order valence-electron chi connectivity index (χ2n) is 10.2. The Morgan fingerprint density at radius 2 is 1.26 bits per heavy atom. The molecule has 0 aliphatic heterocycles. The molecular weight excluding hydrogens is 393 g/mol. The molecule has 31 heavy (non-hydrogen) atoms. The maximum Gasteiger partial charge on any atom is 0.159 e. The lowest BCUT2D eigenvalue weighted by Gasteiger charge is -2.32. The van der Waals surface area contributed by atoms with Crippen molar-refractivity contribution in [1.29, 1.82) is 0 Å². The van der Waals surface area contributed by atoms with Crippen LogP contribution >= 0.6 is 0 Å². The van der Waals surface area contributed by atoms with Crippen molar-refractivity contribution < 1.29 is 13.2 Å². The van der Waals surface area contributed by atoms with Crippen LogP contribution < -0.4 is 0 Å². The molecule has 0 unspecified atom stereocenters. The average molecular weight is 435 g/mol. The van der Waals surface area contributed by atoms with Crippen LogP contribution in [0.25, 0.3) is 0 Å². The summed E-state index contributed by atoms with van der Waals surface area (Å²) in [4.78, 5) is 0. The highest BCUT2D eigenvalue weighted by Crippen LogP contribution is 2.40. The molecule has 0 spiro atoms. The lowest BCUT2D eigenvalue weighted by Crippen LogP contribution is -2.18. The second kappa shape index (κ2) is 13.3. The molecule has 1 aromatic carbocycles. The Labute approximate surface area is 187 Å². The SMILES string of the molecule is FC=CCCCCCC[C@H]1CC[C@H](CC[C@H]2CC[C@H](c3ccc(F)c(F)c3)CC2)CC1. The minimum Gasteiger partial charge on any atom is -0.216 e. The van der Waals surface area contributed by atoms with Gasteiger partial charge in [-0.2, -0.15) is 0 Å². The van der Waals surface area contributed by atoms with Gasteiger partial charge in [0.25, 0.3) is 0 Å². The van der Waals surface area contributed by atoms with Crippen molar-refractivity contribution >= 4 is 0 Å². The molecule has 2 fully saturated rings. The van der Waals surface area contributed by atoms with E-state index in [1.807, 2.05) is 0 Å². The van der Waals surface area contributed by atoms with Crippen molar-refractivity contribution in [3.05, 3.63) is 47.8 Å². The fourth-order valence-corrected chi connectivity index (χ4v) is 5.94. The first-order chi connectivity index (χ1) is 15.2. The summed E-state index contributed by atoms with van der Waals surface area (Å²) >= 11 is 0. The van der Waals surface area contributed by atoms with Gasteiger partial charge in [-0.25, -0.2) is 13.2 Å². The number of hydrogen-bond acceptors (Lipinski definition) is 0. The Morgan fingerprint density at radius 1 is 0.677 bits per heavy atom. The van der Waals surface area contributed by atoms with Gasteiger partial charge >= 0.3 is 0 Å². The van der Waals surface area contributed by atoms with Crippen LogP contribution in [-0.4, -0.2) is 0 Å². The molecule has 0 radical (unpaired) electrons. The molecule has 174 valence electrons. The van der Waals surface area contributed by atoms with Gasteiger partial charge in [-0.3, -0.25) is 0 Å². The third-order valence-corrected chi connectivity index (χ3v) is 8.03. The van der Waals surface area contributed by atoms with Gasteiger partial charge in [-0.15, -0.1) is 0 Å². The molecule has 3 heteroatoms. The fourth-order valence-electron chi connectivity index (χ4n) is 5.94. The molecule has 0 saturated heterocycles. The van der Waals surface area contributed by atoms with Crippen LogP contribution in [0.2, 0.25) is 0 Å². The van der Waals surface area contributed by atoms with Crippen molar-refractivity contribution in [3.63, 3.8) is 0 Å². The van der Waals surface area contributed by atoms with Crippen LogP contribution in [0.1, 0.15) is 114 Å². The van der Waals surface area contributed by atoms with Gasteiger partial charge in [-0.05, 0) is 79.9 Å². The molecule has 0 amide bonds. The Bertz CT molecular complexity index is 652. The van der Waals surface area contributed by atoms with Gasteiger partial charge in [0.1, 0.15) is 0 Å². The Kier molecular flexibility index (Phi) is 10.5. The molecular formula is C28H41F3. The van der Waals surface area contributed by atoms with Crippen LogP contribution in [0.3, 0.4) is 0 Å². The Morgan fingerprint density at radius 3 is 1.87 bits per heavy atom. The summed E-state index contributed by atoms with van der Waals surface area (Å²) in [6.45, 7) is 0. The van der Waals surface area contributed by atoms with Gasteiger partial charge < -0.3 is 0 Å². The molecule has 2 aliphatic carbocycles. The lowest BCUT2D eigenvalue weighted by molar-refractivity contribution is 0.222. The first-order valence-corrected chi connectivity index (χ1v) is 12.9. The Hall–Kier alpha value is -1.25. The van der Waals surface area contributed by atoms with Gasteiger partial charge in [0.2, 0.25) is 0 Å². The second-order valence-corrected chi connectivity index (χ2v) is 10.2. The van der Waals surface area contributed by atoms with E-state index in [1.165, 1.54) is 89.2 Å². The normalized spacial score (nSPS) is 27.1. The topological polar surface area (TPSA) is 0 Å². The number of halogens is 3. The molecule has 0 heterocycles. The maximum absolute atomic E-state index is 13.5. The van der Waals surface area contributed by atoms with Crippen LogP contribution in [-0.2, 0) is 0 Å². The van der Waals surface area contributed by atoms with E-state index in [1.54, 1.807) is 12.1 Å². The molecule has 0 aromatic heterocycles. The highest BCUT2D eigenvalue weighted by atomic mass is 19.2. The largest absolute Gasteiger partial charge is 0.216 e. The van der Waals surface area contributed by atoms with Gasteiger partial charge in [0, 0.05) is 0 Å². The highest BCUT2D eigenvalue weighted by Gasteiger charge is 2.25. The number of allylic oxidation sites excluding steroid dienone is 1. The smallest absolute Gasteiger partial charge is 0.159 e. The molecule has 0 atom stereocenters. The summed E-state index contributed by atoms with van der Waals surface area (Å²) in [5, 5.41) is 0. The van der Waals surface area contributed by atoms with Crippen molar-refractivity contribution in [2.75, 3.05) is 0 Å². The third-order valence-electron chi connectivity index (χ3n) is 8.03. The number of hydrogen-bond donors (Lipinski definition) is 0. The minimum atomic E-state index is -0.741. The molecule has 0 nitrogen and oxygen atoms in total. The quantitative estimate of drug-likeness (QED) is 0.304. The van der Waals surface area contributed by atoms with Crippen molar-refractivity contribution in [2.45, 2.75) is 109 Å². The summed E-state index contributed by atoms with van der Waals surface area (Å²) in [7, 11) is 0. The average Bonchev–Trinajstić information content (AvgIpc) is 2.80. The monoisotopic (exact) mass is 434 g/mol. The van der Waals surface area contributed by atoms with Crippen LogP contribution in [0.15, 0.2) is 30.6 Å². The van der Waals surface area contributed by atoms with E-state index in [2.05, 4.69) is 0 Å². The summed E-state index contributed by atoms with van der Waals surface area (Å²) in [6.07, 6.45) is 22.7. The first-order valence-electron chi connectivity index (χ1n) is 12.9. The zero-order valence-electron chi connectivity index (χ0n) is 19.1. The summed E-state index contributed by atoms with van der Waals surface area (Å²) in [5.74, 6) is 1.64. The zero-order valence-corrected chi connectivity index (χ0v) is 19.1. The van der Waals surface area contributed by atoms with Gasteiger partial charge in [0.05, 0.1) is 6.33 Å². The van der Waals surface area contributed by atoms with E-state index in [0.29, 0.717) is 12.2 Å². The van der Waals surface area contributed by atoms with E-state index in [9.17, 15) is 13.2 Å². The number of benzene rings is 1. The molecule has 2 aliphatic rings. The van der Waals surface area contributed by atoms with Crippen LogP contribution in [0.5, 0.6) is 0 Å². The highest BCUT2D eigenvalue weighted by molar-refractivity contribution is 5.22. The van der Waals surface area contributed by atoms with Crippen LogP contribution in [0.4, 0.5) is 13.2 Å². The number of rotatable bonds is 11. The standard InChI is InChI=1S/C28H41F3/c29-20-6-4-2-1-3-5-7-22-8-10-23(11-9-22)12-13-24-14-16-25(17-15-24)26-18-19-27(30)28(31)21-26/h6,18-25H,1-5,7-17H2/t22-,23-,24-,25-. The lowest BCUT2D eigenvalue weighted by atomic mass is 9.74. The van der Waals surface area contributed by atoms with Crippen molar-refractivity contribution in [1.82, 2.24) is 0 Å².